The molecule has 1 N–H and O–H groups in total. The Labute approximate surface area is 181 Å². The topological polar surface area (TPSA) is 104 Å². The lowest BCUT2D eigenvalue weighted by molar-refractivity contribution is 0.0697. The highest BCUT2D eigenvalue weighted by Crippen LogP contribution is 2.26. The first kappa shape index (κ1) is 22.9. The molecule has 8 nitrogen and oxygen atoms in total. The van der Waals surface area contributed by atoms with Crippen LogP contribution in [0.4, 0.5) is 0 Å². The number of aryl methyl sites for hydroxylation is 2. The zero-order valence-electron chi connectivity index (χ0n) is 17.3. The molecule has 0 atom stereocenters. The van der Waals surface area contributed by atoms with Crippen molar-refractivity contribution < 1.29 is 21.6 Å². The molecule has 0 bridgehead atoms. The summed E-state index contributed by atoms with van der Waals surface area (Å²) in [6, 6.07) is 6.43. The second-order valence-electron chi connectivity index (χ2n) is 7.19. The van der Waals surface area contributed by atoms with Crippen LogP contribution in [0.5, 0.6) is 0 Å². The summed E-state index contributed by atoms with van der Waals surface area (Å²) in [7, 11) is -5.95. The molecule has 3 rings (SSSR count). The smallest absolute Gasteiger partial charge is 0.253 e. The van der Waals surface area contributed by atoms with Crippen LogP contribution in [0.2, 0.25) is 0 Å². The van der Waals surface area contributed by atoms with E-state index in [0.29, 0.717) is 15.3 Å². The Bertz CT molecular complexity index is 1180. The fraction of sp³-hybridized carbons (Fsp3) is 0.421. The van der Waals surface area contributed by atoms with Gasteiger partial charge < -0.3 is 4.90 Å². The Morgan fingerprint density at radius 1 is 1.00 bits per heavy atom. The van der Waals surface area contributed by atoms with Gasteiger partial charge in [-0.1, -0.05) is 0 Å². The molecular formula is C19H25N3O5S3. The number of carbonyl (C=O) groups excluding carboxylic acids is 1. The third kappa shape index (κ3) is 4.30. The van der Waals surface area contributed by atoms with Crippen molar-refractivity contribution in [1.82, 2.24) is 13.9 Å². The predicted molar refractivity (Wildman–Crippen MR) is 116 cm³/mol. The predicted octanol–water partition coefficient (Wildman–Crippen LogP) is 1.73. The van der Waals surface area contributed by atoms with Gasteiger partial charge in [0.25, 0.3) is 15.9 Å². The molecule has 1 aromatic heterocycles. The molecule has 0 spiro atoms. The van der Waals surface area contributed by atoms with Crippen LogP contribution in [-0.4, -0.2) is 65.2 Å². The Kier molecular flexibility index (Phi) is 6.40. The molecule has 0 radical (unpaired) electrons. The van der Waals surface area contributed by atoms with Crippen LogP contribution >= 0.6 is 11.3 Å². The Balaban J connectivity index is 1.79. The molecule has 1 saturated heterocycles. The molecule has 30 heavy (non-hydrogen) atoms. The van der Waals surface area contributed by atoms with E-state index in [0.717, 1.165) is 4.88 Å². The number of amides is 1. The maximum absolute atomic E-state index is 13.0. The van der Waals surface area contributed by atoms with Crippen molar-refractivity contribution in [2.75, 3.05) is 33.2 Å². The molecule has 0 aliphatic carbocycles. The number of benzene rings is 1. The number of nitrogens with zero attached hydrogens (tertiary/aromatic N) is 2. The van der Waals surface area contributed by atoms with Gasteiger partial charge in [0.05, 0.1) is 4.90 Å². The summed E-state index contributed by atoms with van der Waals surface area (Å²) in [4.78, 5) is 15.6. The van der Waals surface area contributed by atoms with E-state index in [1.807, 2.05) is 6.92 Å². The number of hydrogen-bond acceptors (Lipinski definition) is 6. The number of thiophene rings is 1. The van der Waals surface area contributed by atoms with Crippen molar-refractivity contribution in [3.63, 3.8) is 0 Å². The fourth-order valence-electron chi connectivity index (χ4n) is 3.33. The molecule has 164 valence electrons. The number of hydrogen-bond donors (Lipinski definition) is 1. The maximum Gasteiger partial charge on any atom is 0.253 e. The van der Waals surface area contributed by atoms with Crippen molar-refractivity contribution in [1.29, 1.82) is 0 Å². The molecule has 1 aliphatic rings. The fourth-order valence-corrected chi connectivity index (χ4v) is 7.26. The third-order valence-corrected chi connectivity index (χ3v) is 10.2. The van der Waals surface area contributed by atoms with Gasteiger partial charge in [-0.25, -0.2) is 21.6 Å². The highest BCUT2D eigenvalue weighted by Gasteiger charge is 2.32. The maximum atomic E-state index is 13.0. The lowest BCUT2D eigenvalue weighted by Crippen LogP contribution is -2.50. The van der Waals surface area contributed by atoms with Crippen LogP contribution in [0.3, 0.4) is 0 Å². The van der Waals surface area contributed by atoms with E-state index >= 15 is 0 Å². The van der Waals surface area contributed by atoms with Crippen molar-refractivity contribution >= 4 is 37.3 Å². The second kappa shape index (κ2) is 8.39. The molecule has 2 aromatic rings. The summed E-state index contributed by atoms with van der Waals surface area (Å²) >= 11 is 1.23. The first-order valence-electron chi connectivity index (χ1n) is 9.38. The van der Waals surface area contributed by atoms with E-state index in [1.54, 1.807) is 36.9 Å². The highest BCUT2D eigenvalue weighted by molar-refractivity contribution is 7.91. The minimum atomic E-state index is -3.70. The van der Waals surface area contributed by atoms with Crippen molar-refractivity contribution in [2.24, 2.45) is 0 Å². The number of sulfonamides is 2. The molecule has 11 heteroatoms. The molecule has 1 aromatic carbocycles. The zero-order valence-corrected chi connectivity index (χ0v) is 19.7. The molecule has 1 aliphatic heterocycles. The van der Waals surface area contributed by atoms with Gasteiger partial charge in [0, 0.05) is 36.6 Å². The van der Waals surface area contributed by atoms with E-state index in [2.05, 4.69) is 4.72 Å². The van der Waals surface area contributed by atoms with Gasteiger partial charge >= 0.3 is 0 Å². The second-order valence-corrected chi connectivity index (χ2v) is 12.5. The van der Waals surface area contributed by atoms with Crippen LogP contribution in [0.25, 0.3) is 0 Å². The summed E-state index contributed by atoms with van der Waals surface area (Å²) in [6.07, 6.45) is 0. The van der Waals surface area contributed by atoms with Gasteiger partial charge in [0.15, 0.2) is 0 Å². The largest absolute Gasteiger partial charge is 0.336 e. The molecule has 1 amide bonds. The van der Waals surface area contributed by atoms with Crippen LogP contribution in [0.1, 0.15) is 26.4 Å². The first-order chi connectivity index (χ1) is 14.0. The van der Waals surface area contributed by atoms with Crippen LogP contribution in [-0.2, 0) is 20.0 Å². The van der Waals surface area contributed by atoms with Crippen LogP contribution in [0, 0.1) is 20.8 Å². The Morgan fingerprint density at radius 2 is 1.63 bits per heavy atom. The SMILES string of the molecule is CNS(=O)(=O)c1cc(C(=O)N2CCN(S(=O)(=O)c3ccc(C)s3)CC2)cc(C)c1C. The van der Waals surface area contributed by atoms with Crippen molar-refractivity contribution in [3.05, 3.63) is 45.8 Å². The van der Waals surface area contributed by atoms with Crippen LogP contribution in [0.15, 0.2) is 33.4 Å². The summed E-state index contributed by atoms with van der Waals surface area (Å²) in [5.74, 6) is -0.310. The average Bonchev–Trinajstić information content (AvgIpc) is 3.16. The highest BCUT2D eigenvalue weighted by atomic mass is 32.2. The van der Waals surface area contributed by atoms with E-state index in [9.17, 15) is 21.6 Å². The van der Waals surface area contributed by atoms with Gasteiger partial charge in [-0.3, -0.25) is 4.79 Å². The lowest BCUT2D eigenvalue weighted by atomic mass is 10.1. The van der Waals surface area contributed by atoms with Gasteiger partial charge in [0.2, 0.25) is 10.0 Å². The quantitative estimate of drug-likeness (QED) is 0.715. The first-order valence-corrected chi connectivity index (χ1v) is 13.1. The Morgan fingerprint density at radius 3 is 2.17 bits per heavy atom. The van der Waals surface area contributed by atoms with E-state index in [4.69, 9.17) is 0 Å². The monoisotopic (exact) mass is 471 g/mol. The summed E-state index contributed by atoms with van der Waals surface area (Å²) < 4.78 is 54.1. The number of nitrogens with one attached hydrogen (secondary N) is 1. The van der Waals surface area contributed by atoms with Crippen molar-refractivity contribution in [2.45, 2.75) is 29.9 Å². The number of piperazine rings is 1. The summed E-state index contributed by atoms with van der Waals surface area (Å²) in [5.41, 5.74) is 1.56. The minimum Gasteiger partial charge on any atom is -0.336 e. The number of rotatable bonds is 5. The van der Waals surface area contributed by atoms with E-state index < -0.39 is 20.0 Å². The minimum absolute atomic E-state index is 0.0719. The molecule has 2 heterocycles. The summed E-state index contributed by atoms with van der Waals surface area (Å²) in [6.45, 7) is 6.17. The van der Waals surface area contributed by atoms with Crippen LogP contribution < -0.4 is 4.72 Å². The molecular weight excluding hydrogens is 446 g/mol. The van der Waals surface area contributed by atoms with Gasteiger partial charge in [-0.15, -0.1) is 11.3 Å². The van der Waals surface area contributed by atoms with Gasteiger partial charge in [-0.2, -0.15) is 4.31 Å². The molecule has 0 saturated carbocycles. The third-order valence-electron chi connectivity index (χ3n) is 5.26. The molecule has 1 fully saturated rings. The number of carbonyl (C=O) groups is 1. The average molecular weight is 472 g/mol. The van der Waals surface area contributed by atoms with Crippen molar-refractivity contribution in [3.8, 4) is 0 Å². The van der Waals surface area contributed by atoms with E-state index in [1.165, 1.54) is 28.8 Å². The molecule has 0 unspecified atom stereocenters. The van der Waals surface area contributed by atoms with E-state index in [-0.39, 0.29) is 42.5 Å². The Hall–Kier alpha value is -1.79. The lowest BCUT2D eigenvalue weighted by Gasteiger charge is -2.34. The standard InChI is InChI=1S/C19H25N3O5S3/c1-13-11-16(12-17(15(13)3)29(24,25)20-4)19(23)21-7-9-22(10-8-21)30(26,27)18-6-5-14(2)28-18/h5-6,11-12,20H,7-10H2,1-4H3. The normalized spacial score (nSPS) is 16.1. The summed E-state index contributed by atoms with van der Waals surface area (Å²) in [5, 5.41) is 0. The zero-order chi connectivity index (χ0) is 22.3. The van der Waals surface area contributed by atoms with Gasteiger partial charge in [-0.05, 0) is 63.2 Å². The van der Waals surface area contributed by atoms with Gasteiger partial charge in [0.1, 0.15) is 4.21 Å².